The molecule has 6 nitrogen and oxygen atoms in total. The zero-order chi connectivity index (χ0) is 14.5. The molecule has 0 bridgehead atoms. The van der Waals surface area contributed by atoms with Crippen LogP contribution in [0.2, 0.25) is 0 Å². The van der Waals surface area contributed by atoms with Gasteiger partial charge in [0.2, 0.25) is 0 Å². The molecule has 2 aromatic rings. The fraction of sp³-hybridized carbons (Fsp3) is 0.400. The molecule has 2 N–H and O–H groups in total. The van der Waals surface area contributed by atoms with Gasteiger partial charge in [-0.1, -0.05) is 0 Å². The number of anilines is 1. The third-order valence-corrected chi connectivity index (χ3v) is 3.59. The van der Waals surface area contributed by atoms with Gasteiger partial charge in [-0.25, -0.2) is 9.97 Å². The third kappa shape index (κ3) is 3.66. The summed E-state index contributed by atoms with van der Waals surface area (Å²) in [6.07, 6.45) is 9.02. The number of hydrogen-bond donors (Lipinski definition) is 1. The second kappa shape index (κ2) is 6.49. The van der Waals surface area contributed by atoms with Crippen molar-refractivity contribution in [2.75, 3.05) is 18.0 Å². The van der Waals surface area contributed by atoms with E-state index in [0.29, 0.717) is 18.5 Å². The number of ether oxygens (including phenoxy) is 1. The fourth-order valence-corrected chi connectivity index (χ4v) is 2.37. The first kappa shape index (κ1) is 13.8. The van der Waals surface area contributed by atoms with Crippen LogP contribution in [-0.4, -0.2) is 34.1 Å². The summed E-state index contributed by atoms with van der Waals surface area (Å²) in [5.74, 6) is 1.39. The van der Waals surface area contributed by atoms with Crippen LogP contribution in [0.15, 0.2) is 36.9 Å². The largest absolute Gasteiger partial charge is 0.484 e. The molecule has 1 aliphatic rings. The Morgan fingerprint density at radius 2 is 1.95 bits per heavy atom. The third-order valence-electron chi connectivity index (χ3n) is 3.59. The first-order valence-corrected chi connectivity index (χ1v) is 7.15. The van der Waals surface area contributed by atoms with Gasteiger partial charge in [0.25, 0.3) is 0 Å². The van der Waals surface area contributed by atoms with Crippen LogP contribution in [0.1, 0.15) is 18.7 Å². The molecule has 21 heavy (non-hydrogen) atoms. The van der Waals surface area contributed by atoms with Crippen molar-refractivity contribution in [2.24, 2.45) is 5.73 Å². The van der Waals surface area contributed by atoms with Gasteiger partial charge in [-0.05, 0) is 18.9 Å². The van der Waals surface area contributed by atoms with Crippen molar-refractivity contribution in [3.8, 4) is 5.75 Å². The van der Waals surface area contributed by atoms with Crippen LogP contribution in [0.5, 0.6) is 5.75 Å². The van der Waals surface area contributed by atoms with E-state index in [-0.39, 0.29) is 0 Å². The van der Waals surface area contributed by atoms with E-state index in [1.54, 1.807) is 24.7 Å². The minimum Gasteiger partial charge on any atom is -0.484 e. The predicted octanol–water partition coefficient (Wildman–Crippen LogP) is 1.38. The molecule has 0 unspecified atom stereocenters. The molecule has 1 saturated heterocycles. The predicted molar refractivity (Wildman–Crippen MR) is 80.0 cm³/mol. The lowest BCUT2D eigenvalue weighted by molar-refractivity contribution is 0.294. The first-order chi connectivity index (χ1) is 10.3. The lowest BCUT2D eigenvalue weighted by Gasteiger charge is -2.31. The number of rotatable bonds is 4. The lowest BCUT2D eigenvalue weighted by Crippen LogP contribution is -2.39. The molecule has 110 valence electrons. The molecular formula is C15H19N5O. The summed E-state index contributed by atoms with van der Waals surface area (Å²) in [7, 11) is 0. The van der Waals surface area contributed by atoms with Crippen molar-refractivity contribution >= 4 is 5.69 Å². The normalized spacial score (nSPS) is 16.0. The van der Waals surface area contributed by atoms with Gasteiger partial charge >= 0.3 is 0 Å². The van der Waals surface area contributed by atoms with Gasteiger partial charge in [0.05, 0.1) is 18.1 Å². The highest BCUT2D eigenvalue weighted by Crippen LogP contribution is 2.23. The highest BCUT2D eigenvalue weighted by molar-refractivity contribution is 5.48. The van der Waals surface area contributed by atoms with Gasteiger partial charge in [-0.15, -0.1) is 0 Å². The van der Waals surface area contributed by atoms with Gasteiger partial charge in [-0.3, -0.25) is 4.98 Å². The van der Waals surface area contributed by atoms with Crippen LogP contribution in [0, 0.1) is 0 Å². The summed E-state index contributed by atoms with van der Waals surface area (Å²) in [4.78, 5) is 14.8. The molecule has 0 aromatic carbocycles. The van der Waals surface area contributed by atoms with Crippen molar-refractivity contribution in [2.45, 2.75) is 25.5 Å². The molecule has 0 radical (unpaired) electrons. The Hall–Kier alpha value is -2.21. The quantitative estimate of drug-likeness (QED) is 0.914. The number of nitrogens with two attached hydrogens (primary N) is 1. The Labute approximate surface area is 124 Å². The van der Waals surface area contributed by atoms with E-state index in [2.05, 4.69) is 19.9 Å². The number of nitrogens with zero attached hydrogens (tertiary/aromatic N) is 4. The number of piperidine rings is 1. The lowest BCUT2D eigenvalue weighted by atomic mass is 10.1. The summed E-state index contributed by atoms with van der Waals surface area (Å²) in [6.45, 7) is 2.28. The Balaban J connectivity index is 1.63. The Morgan fingerprint density at radius 1 is 1.19 bits per heavy atom. The molecule has 1 aliphatic heterocycles. The molecule has 0 amide bonds. The molecular weight excluding hydrogens is 266 g/mol. The molecule has 1 fully saturated rings. The molecule has 0 saturated carbocycles. The van der Waals surface area contributed by atoms with Gasteiger partial charge < -0.3 is 15.4 Å². The number of pyridine rings is 1. The summed E-state index contributed by atoms with van der Waals surface area (Å²) < 4.78 is 5.71. The smallest absolute Gasteiger partial charge is 0.166 e. The summed E-state index contributed by atoms with van der Waals surface area (Å²) in [6, 6.07) is 4.11. The maximum absolute atomic E-state index is 5.94. The van der Waals surface area contributed by atoms with E-state index < -0.39 is 0 Å². The van der Waals surface area contributed by atoms with E-state index >= 15 is 0 Å². The zero-order valence-corrected chi connectivity index (χ0v) is 11.9. The van der Waals surface area contributed by atoms with Crippen molar-refractivity contribution in [1.82, 2.24) is 15.0 Å². The Kier molecular flexibility index (Phi) is 4.25. The monoisotopic (exact) mass is 285 g/mol. The SMILES string of the molecule is NC1CCN(c2cncc(OCc3ncccn3)c2)CC1. The van der Waals surface area contributed by atoms with Gasteiger partial charge in [0.15, 0.2) is 5.82 Å². The number of hydrogen-bond acceptors (Lipinski definition) is 6. The standard InChI is InChI=1S/C15H19N5O/c16-12-2-6-20(7-3-12)13-8-14(10-17-9-13)21-11-15-18-4-1-5-19-15/h1,4-5,8-10,12H,2-3,6-7,11,16H2. The highest BCUT2D eigenvalue weighted by atomic mass is 16.5. The van der Waals surface area contributed by atoms with Crippen LogP contribution >= 0.6 is 0 Å². The molecule has 6 heteroatoms. The minimum atomic E-state index is 0.323. The van der Waals surface area contributed by atoms with E-state index in [1.807, 2.05) is 12.3 Å². The maximum Gasteiger partial charge on any atom is 0.166 e. The molecule has 0 spiro atoms. The van der Waals surface area contributed by atoms with Crippen LogP contribution in [0.3, 0.4) is 0 Å². The minimum absolute atomic E-state index is 0.323. The van der Waals surface area contributed by atoms with Crippen molar-refractivity contribution in [3.63, 3.8) is 0 Å². The van der Waals surface area contributed by atoms with Crippen molar-refractivity contribution in [1.29, 1.82) is 0 Å². The topological polar surface area (TPSA) is 77.2 Å². The molecule has 3 rings (SSSR count). The second-order valence-corrected chi connectivity index (χ2v) is 5.16. The van der Waals surface area contributed by atoms with Crippen LogP contribution in [-0.2, 0) is 6.61 Å². The average molecular weight is 285 g/mol. The summed E-state index contributed by atoms with van der Waals surface area (Å²) in [5.41, 5.74) is 7.01. The summed E-state index contributed by atoms with van der Waals surface area (Å²) in [5, 5.41) is 0. The maximum atomic E-state index is 5.94. The van der Waals surface area contributed by atoms with Crippen LogP contribution < -0.4 is 15.4 Å². The van der Waals surface area contributed by atoms with Crippen molar-refractivity contribution in [3.05, 3.63) is 42.7 Å². The zero-order valence-electron chi connectivity index (χ0n) is 11.9. The van der Waals surface area contributed by atoms with E-state index in [0.717, 1.165) is 37.4 Å². The van der Waals surface area contributed by atoms with E-state index in [4.69, 9.17) is 10.5 Å². The van der Waals surface area contributed by atoms with Gasteiger partial charge in [0.1, 0.15) is 12.4 Å². The molecule has 2 aromatic heterocycles. The molecule has 0 atom stereocenters. The second-order valence-electron chi connectivity index (χ2n) is 5.16. The number of aromatic nitrogens is 3. The van der Waals surface area contributed by atoms with Crippen molar-refractivity contribution < 1.29 is 4.74 Å². The average Bonchev–Trinajstić information content (AvgIpc) is 2.55. The highest BCUT2D eigenvalue weighted by Gasteiger charge is 2.16. The Bertz CT molecular complexity index is 569. The van der Waals surface area contributed by atoms with Crippen LogP contribution in [0.25, 0.3) is 0 Å². The first-order valence-electron chi connectivity index (χ1n) is 7.15. The fourth-order valence-electron chi connectivity index (χ4n) is 2.37. The van der Waals surface area contributed by atoms with E-state index in [1.165, 1.54) is 0 Å². The Morgan fingerprint density at radius 3 is 2.71 bits per heavy atom. The molecule has 0 aliphatic carbocycles. The molecule has 3 heterocycles. The van der Waals surface area contributed by atoms with Gasteiger partial charge in [-0.2, -0.15) is 0 Å². The van der Waals surface area contributed by atoms with Gasteiger partial charge in [0, 0.05) is 37.6 Å². The summed E-state index contributed by atoms with van der Waals surface area (Å²) >= 11 is 0. The van der Waals surface area contributed by atoms with Crippen LogP contribution in [0.4, 0.5) is 5.69 Å². The van der Waals surface area contributed by atoms with E-state index in [9.17, 15) is 0 Å².